The van der Waals surface area contributed by atoms with Crippen LogP contribution in [0.1, 0.15) is 19.4 Å². The van der Waals surface area contributed by atoms with Crippen molar-refractivity contribution < 1.29 is 18.4 Å². The summed E-state index contributed by atoms with van der Waals surface area (Å²) in [6.07, 6.45) is 0. The maximum absolute atomic E-state index is 13.2. The summed E-state index contributed by atoms with van der Waals surface area (Å²) in [5.41, 5.74) is 1.18. The molecule has 0 aromatic heterocycles. The highest BCUT2D eigenvalue weighted by Gasteiger charge is 2.40. The predicted octanol–water partition coefficient (Wildman–Crippen LogP) is 3.57. The topological polar surface area (TPSA) is 49.4 Å². The van der Waals surface area contributed by atoms with Gasteiger partial charge >= 0.3 is 0 Å². The summed E-state index contributed by atoms with van der Waals surface area (Å²) in [5.74, 6) is -1.76. The molecule has 0 aliphatic carbocycles. The number of benzene rings is 2. The molecule has 2 amide bonds. The number of nitrogens with one attached hydrogen (secondary N) is 1. The molecule has 0 bridgehead atoms. The predicted molar refractivity (Wildman–Crippen MR) is 90.3 cm³/mol. The summed E-state index contributed by atoms with van der Waals surface area (Å²) in [6.45, 7) is 3.47. The van der Waals surface area contributed by atoms with Gasteiger partial charge in [-0.2, -0.15) is 0 Å². The standard InChI is InChI=1S/C19H16F2N2O2/c1-11(2)23-18(24)16(12-3-5-13(20)6-4-12)17(19(23)25)22-15-9-7-14(21)8-10-15/h3-11,22H,1-2H3. The van der Waals surface area contributed by atoms with Crippen LogP contribution in [0.25, 0.3) is 5.57 Å². The van der Waals surface area contributed by atoms with Crippen LogP contribution in [-0.2, 0) is 9.59 Å². The second kappa shape index (κ2) is 6.47. The zero-order chi connectivity index (χ0) is 18.1. The van der Waals surface area contributed by atoms with Gasteiger partial charge in [0.2, 0.25) is 0 Å². The van der Waals surface area contributed by atoms with Crippen LogP contribution < -0.4 is 5.32 Å². The van der Waals surface area contributed by atoms with Crippen LogP contribution in [0.4, 0.5) is 14.5 Å². The van der Waals surface area contributed by atoms with Crippen LogP contribution >= 0.6 is 0 Å². The van der Waals surface area contributed by atoms with E-state index in [1.807, 2.05) is 0 Å². The van der Waals surface area contributed by atoms with Gasteiger partial charge in [-0.25, -0.2) is 8.78 Å². The van der Waals surface area contributed by atoms with E-state index in [1.54, 1.807) is 13.8 Å². The molecule has 0 atom stereocenters. The molecule has 6 heteroatoms. The van der Waals surface area contributed by atoms with Gasteiger partial charge in [-0.3, -0.25) is 14.5 Å². The molecule has 128 valence electrons. The van der Waals surface area contributed by atoms with Crippen molar-refractivity contribution in [2.45, 2.75) is 19.9 Å². The largest absolute Gasteiger partial charge is 0.350 e. The zero-order valence-electron chi connectivity index (χ0n) is 13.7. The van der Waals surface area contributed by atoms with E-state index in [0.29, 0.717) is 11.3 Å². The third-order valence-corrected chi connectivity index (χ3v) is 3.88. The number of carbonyl (C=O) groups is 2. The van der Waals surface area contributed by atoms with Crippen molar-refractivity contribution in [2.75, 3.05) is 5.32 Å². The van der Waals surface area contributed by atoms with E-state index in [9.17, 15) is 18.4 Å². The average Bonchev–Trinajstić information content (AvgIpc) is 2.81. The van der Waals surface area contributed by atoms with Crippen LogP contribution in [-0.4, -0.2) is 22.8 Å². The molecule has 0 saturated carbocycles. The number of rotatable bonds is 4. The maximum Gasteiger partial charge on any atom is 0.278 e. The first kappa shape index (κ1) is 16.8. The Hall–Kier alpha value is -3.02. The van der Waals surface area contributed by atoms with Gasteiger partial charge in [0.05, 0.1) is 5.57 Å². The Bertz CT molecular complexity index is 856. The lowest BCUT2D eigenvalue weighted by Gasteiger charge is -2.19. The van der Waals surface area contributed by atoms with Crippen LogP contribution in [0.3, 0.4) is 0 Å². The van der Waals surface area contributed by atoms with Crippen molar-refractivity contribution in [3.8, 4) is 0 Å². The van der Waals surface area contributed by atoms with E-state index >= 15 is 0 Å². The van der Waals surface area contributed by atoms with Crippen LogP contribution in [0, 0.1) is 11.6 Å². The monoisotopic (exact) mass is 342 g/mol. The van der Waals surface area contributed by atoms with Gasteiger partial charge in [0, 0.05) is 11.7 Å². The summed E-state index contributed by atoms with van der Waals surface area (Å²) >= 11 is 0. The Labute approximate surface area is 143 Å². The van der Waals surface area contributed by atoms with Gasteiger partial charge in [-0.05, 0) is 55.8 Å². The molecule has 1 aliphatic heterocycles. The first-order valence-electron chi connectivity index (χ1n) is 7.79. The third-order valence-electron chi connectivity index (χ3n) is 3.88. The Morgan fingerprint density at radius 1 is 0.840 bits per heavy atom. The maximum atomic E-state index is 13.2. The Balaban J connectivity index is 2.08. The number of carbonyl (C=O) groups excluding carboxylic acids is 2. The van der Waals surface area contributed by atoms with E-state index in [-0.39, 0.29) is 17.3 Å². The van der Waals surface area contributed by atoms with E-state index < -0.39 is 23.4 Å². The minimum absolute atomic E-state index is 0.0944. The van der Waals surface area contributed by atoms with Crippen LogP contribution in [0.5, 0.6) is 0 Å². The summed E-state index contributed by atoms with van der Waals surface area (Å²) in [5, 5.41) is 2.90. The third kappa shape index (κ3) is 3.15. The molecule has 4 nitrogen and oxygen atoms in total. The molecule has 1 aliphatic rings. The Kier molecular flexibility index (Phi) is 4.35. The number of amides is 2. The number of imide groups is 1. The SMILES string of the molecule is CC(C)N1C(=O)C(Nc2ccc(F)cc2)=C(c2ccc(F)cc2)C1=O. The summed E-state index contributed by atoms with van der Waals surface area (Å²) < 4.78 is 26.3. The zero-order valence-corrected chi connectivity index (χ0v) is 13.7. The number of hydrogen-bond acceptors (Lipinski definition) is 3. The molecule has 2 aromatic carbocycles. The smallest absolute Gasteiger partial charge is 0.278 e. The van der Waals surface area contributed by atoms with Crippen LogP contribution in [0.15, 0.2) is 54.2 Å². The molecule has 1 N–H and O–H groups in total. The van der Waals surface area contributed by atoms with Gasteiger partial charge in [0.15, 0.2) is 0 Å². The highest BCUT2D eigenvalue weighted by Crippen LogP contribution is 2.31. The fourth-order valence-electron chi connectivity index (χ4n) is 2.69. The van der Waals surface area contributed by atoms with E-state index in [2.05, 4.69) is 5.32 Å². The van der Waals surface area contributed by atoms with Gasteiger partial charge < -0.3 is 5.32 Å². The van der Waals surface area contributed by atoms with Crippen molar-refractivity contribution in [2.24, 2.45) is 0 Å². The average molecular weight is 342 g/mol. The highest BCUT2D eigenvalue weighted by molar-refractivity contribution is 6.36. The fourth-order valence-corrected chi connectivity index (χ4v) is 2.69. The van der Waals surface area contributed by atoms with Crippen molar-refractivity contribution in [1.29, 1.82) is 0 Å². The first-order valence-corrected chi connectivity index (χ1v) is 7.79. The summed E-state index contributed by atoms with van der Waals surface area (Å²) in [6, 6.07) is 10.5. The lowest BCUT2D eigenvalue weighted by molar-refractivity contribution is -0.138. The van der Waals surface area contributed by atoms with Crippen molar-refractivity contribution in [1.82, 2.24) is 4.90 Å². The molecule has 1 heterocycles. The second-order valence-electron chi connectivity index (χ2n) is 5.96. The second-order valence-corrected chi connectivity index (χ2v) is 5.96. The minimum Gasteiger partial charge on any atom is -0.350 e. The van der Waals surface area contributed by atoms with Gasteiger partial charge in [0.25, 0.3) is 11.8 Å². The first-order chi connectivity index (χ1) is 11.9. The van der Waals surface area contributed by atoms with Crippen molar-refractivity contribution >= 4 is 23.1 Å². The lowest BCUT2D eigenvalue weighted by Crippen LogP contribution is -2.38. The molecule has 0 unspecified atom stereocenters. The fraction of sp³-hybridized carbons (Fsp3) is 0.158. The molecule has 3 rings (SSSR count). The van der Waals surface area contributed by atoms with Gasteiger partial charge in [-0.1, -0.05) is 12.1 Å². The highest BCUT2D eigenvalue weighted by atomic mass is 19.1. The Morgan fingerprint density at radius 3 is 1.88 bits per heavy atom. The molecule has 2 aromatic rings. The molecule has 0 fully saturated rings. The molecular weight excluding hydrogens is 326 g/mol. The number of anilines is 1. The number of nitrogens with zero attached hydrogens (tertiary/aromatic N) is 1. The minimum atomic E-state index is -0.469. The molecule has 0 spiro atoms. The van der Waals surface area contributed by atoms with Gasteiger partial charge in [0.1, 0.15) is 17.3 Å². The van der Waals surface area contributed by atoms with E-state index in [1.165, 1.54) is 48.5 Å². The molecular formula is C19H16F2N2O2. The van der Waals surface area contributed by atoms with E-state index in [4.69, 9.17) is 0 Å². The van der Waals surface area contributed by atoms with E-state index in [0.717, 1.165) is 4.90 Å². The lowest BCUT2D eigenvalue weighted by atomic mass is 10.0. The molecule has 0 saturated heterocycles. The van der Waals surface area contributed by atoms with Crippen molar-refractivity contribution in [3.63, 3.8) is 0 Å². The van der Waals surface area contributed by atoms with Crippen LogP contribution in [0.2, 0.25) is 0 Å². The quantitative estimate of drug-likeness (QED) is 0.864. The molecule has 0 radical (unpaired) electrons. The number of hydrogen-bond donors (Lipinski definition) is 1. The molecule has 25 heavy (non-hydrogen) atoms. The normalized spacial score (nSPS) is 14.7. The summed E-state index contributed by atoms with van der Waals surface area (Å²) in [7, 11) is 0. The Morgan fingerprint density at radius 2 is 1.36 bits per heavy atom. The summed E-state index contributed by atoms with van der Waals surface area (Å²) in [4.78, 5) is 26.6. The number of halogens is 2. The van der Waals surface area contributed by atoms with Gasteiger partial charge in [-0.15, -0.1) is 0 Å². The van der Waals surface area contributed by atoms with Crippen molar-refractivity contribution in [3.05, 3.63) is 71.4 Å².